The Bertz CT molecular complexity index is 540. The molecule has 2 nitrogen and oxygen atoms in total. The van der Waals surface area contributed by atoms with Gasteiger partial charge >= 0.3 is 0 Å². The van der Waals surface area contributed by atoms with Crippen LogP contribution in [0.15, 0.2) is 57.5 Å². The number of rotatable bonds is 2. The normalized spacial score (nSPS) is 9.30. The van der Waals surface area contributed by atoms with Crippen LogP contribution in [0.3, 0.4) is 0 Å². The van der Waals surface area contributed by atoms with Crippen molar-refractivity contribution < 1.29 is 0 Å². The Hall–Kier alpha value is -0.820. The molecule has 0 aliphatic rings. The van der Waals surface area contributed by atoms with E-state index >= 15 is 0 Å². The SMILES string of the molecule is NC(=S)c1ccc(Br)cc1.NC(=S)c1ccc(Br)cc1. The van der Waals surface area contributed by atoms with E-state index in [1.54, 1.807) is 0 Å². The van der Waals surface area contributed by atoms with E-state index < -0.39 is 0 Å². The molecule has 0 aromatic heterocycles. The zero-order chi connectivity index (χ0) is 15.1. The van der Waals surface area contributed by atoms with Gasteiger partial charge in [-0.05, 0) is 24.3 Å². The molecule has 0 saturated carbocycles. The van der Waals surface area contributed by atoms with Crippen LogP contribution in [0.2, 0.25) is 0 Å². The van der Waals surface area contributed by atoms with Gasteiger partial charge in [0, 0.05) is 20.1 Å². The highest BCUT2D eigenvalue weighted by Gasteiger charge is 1.93. The molecule has 6 heteroatoms. The van der Waals surface area contributed by atoms with Crippen molar-refractivity contribution in [2.45, 2.75) is 0 Å². The molecule has 2 aromatic carbocycles. The molecule has 0 aliphatic heterocycles. The lowest BCUT2D eigenvalue weighted by molar-refractivity contribution is 1.59. The van der Waals surface area contributed by atoms with Crippen molar-refractivity contribution in [1.82, 2.24) is 0 Å². The Morgan fingerprint density at radius 1 is 0.650 bits per heavy atom. The van der Waals surface area contributed by atoms with E-state index in [-0.39, 0.29) is 0 Å². The van der Waals surface area contributed by atoms with Gasteiger partial charge in [0.1, 0.15) is 9.98 Å². The van der Waals surface area contributed by atoms with E-state index in [4.69, 9.17) is 35.9 Å². The molecule has 0 atom stereocenters. The van der Waals surface area contributed by atoms with Gasteiger partial charge in [-0.2, -0.15) is 0 Å². The molecule has 0 aliphatic carbocycles. The maximum absolute atomic E-state index is 5.38. The second-order valence-corrected chi connectivity index (χ2v) is 6.45. The van der Waals surface area contributed by atoms with Crippen LogP contribution >= 0.6 is 56.3 Å². The van der Waals surface area contributed by atoms with Gasteiger partial charge in [0.25, 0.3) is 0 Å². The molecule has 0 fully saturated rings. The van der Waals surface area contributed by atoms with E-state index in [1.807, 2.05) is 48.5 Å². The van der Waals surface area contributed by atoms with Gasteiger partial charge in [-0.3, -0.25) is 0 Å². The third-order valence-electron chi connectivity index (χ3n) is 2.26. The summed E-state index contributed by atoms with van der Waals surface area (Å²) in [5, 5.41) is 0. The summed E-state index contributed by atoms with van der Waals surface area (Å²) < 4.78 is 2.07. The van der Waals surface area contributed by atoms with Crippen LogP contribution in [0.4, 0.5) is 0 Å². The minimum absolute atomic E-state index is 0.438. The highest BCUT2D eigenvalue weighted by atomic mass is 79.9. The molecule has 0 radical (unpaired) electrons. The summed E-state index contributed by atoms with van der Waals surface area (Å²) in [6.07, 6.45) is 0. The fourth-order valence-corrected chi connectivity index (χ4v) is 2.03. The van der Waals surface area contributed by atoms with E-state index in [2.05, 4.69) is 31.9 Å². The summed E-state index contributed by atoms with van der Waals surface area (Å²) in [4.78, 5) is 0.875. The molecule has 104 valence electrons. The number of hydrogen-bond acceptors (Lipinski definition) is 2. The highest BCUT2D eigenvalue weighted by molar-refractivity contribution is 9.10. The monoisotopic (exact) mass is 430 g/mol. The summed E-state index contributed by atoms with van der Waals surface area (Å²) in [5.74, 6) is 0. The average Bonchev–Trinajstić information content (AvgIpc) is 2.40. The lowest BCUT2D eigenvalue weighted by atomic mass is 10.2. The number of thiocarbonyl (C=S) groups is 2. The Morgan fingerprint density at radius 3 is 1.10 bits per heavy atom. The van der Waals surface area contributed by atoms with Gasteiger partial charge in [-0.25, -0.2) is 0 Å². The summed E-state index contributed by atoms with van der Waals surface area (Å²) in [7, 11) is 0. The van der Waals surface area contributed by atoms with E-state index in [0.29, 0.717) is 9.98 Å². The topological polar surface area (TPSA) is 52.0 Å². The first-order chi connectivity index (χ1) is 9.40. The van der Waals surface area contributed by atoms with E-state index in [1.165, 1.54) is 0 Å². The summed E-state index contributed by atoms with van der Waals surface area (Å²) in [5.41, 5.74) is 12.6. The van der Waals surface area contributed by atoms with Crippen molar-refractivity contribution in [3.05, 3.63) is 68.6 Å². The number of benzene rings is 2. The van der Waals surface area contributed by atoms with Crippen molar-refractivity contribution in [2.24, 2.45) is 11.5 Å². The van der Waals surface area contributed by atoms with Crippen LogP contribution in [-0.4, -0.2) is 9.98 Å². The van der Waals surface area contributed by atoms with Crippen molar-refractivity contribution in [3.63, 3.8) is 0 Å². The van der Waals surface area contributed by atoms with Crippen LogP contribution in [0.25, 0.3) is 0 Å². The summed E-state index contributed by atoms with van der Waals surface area (Å²) in [6, 6.07) is 15.2. The molecule has 2 aromatic rings. The van der Waals surface area contributed by atoms with Gasteiger partial charge in [-0.1, -0.05) is 80.6 Å². The van der Waals surface area contributed by atoms with Crippen molar-refractivity contribution in [3.8, 4) is 0 Å². The van der Waals surface area contributed by atoms with E-state index in [9.17, 15) is 0 Å². The molecule has 0 amide bonds. The first kappa shape index (κ1) is 17.2. The second kappa shape index (κ2) is 8.46. The summed E-state index contributed by atoms with van der Waals surface area (Å²) in [6.45, 7) is 0. The largest absolute Gasteiger partial charge is 0.389 e. The molecule has 4 N–H and O–H groups in total. The van der Waals surface area contributed by atoms with Crippen LogP contribution in [0.1, 0.15) is 11.1 Å². The Labute approximate surface area is 145 Å². The zero-order valence-electron chi connectivity index (χ0n) is 10.3. The Kier molecular flexibility index (Phi) is 7.29. The standard InChI is InChI=1S/2C7H6BrNS/c2*8-6-3-1-5(2-4-6)7(9)10/h2*1-4H,(H2,9,10). The quantitative estimate of drug-likeness (QED) is 0.700. The van der Waals surface area contributed by atoms with Crippen LogP contribution < -0.4 is 11.5 Å². The average molecular weight is 432 g/mol. The predicted octanol–water partition coefficient (Wildman–Crippen LogP) is 4.17. The smallest absolute Gasteiger partial charge is 0.103 e. The molecule has 0 heterocycles. The van der Waals surface area contributed by atoms with Crippen LogP contribution in [0.5, 0.6) is 0 Å². The fourth-order valence-electron chi connectivity index (χ4n) is 1.23. The molecule has 0 bridgehead atoms. The first-order valence-electron chi connectivity index (χ1n) is 5.51. The third-order valence-corrected chi connectivity index (χ3v) is 3.79. The minimum atomic E-state index is 0.438. The minimum Gasteiger partial charge on any atom is -0.389 e. The lowest BCUT2D eigenvalue weighted by Crippen LogP contribution is -2.08. The van der Waals surface area contributed by atoms with E-state index in [0.717, 1.165) is 20.1 Å². The number of hydrogen-bond donors (Lipinski definition) is 2. The predicted molar refractivity (Wildman–Crippen MR) is 100 cm³/mol. The lowest BCUT2D eigenvalue weighted by Gasteiger charge is -1.95. The van der Waals surface area contributed by atoms with Crippen LogP contribution in [0, 0.1) is 0 Å². The van der Waals surface area contributed by atoms with Crippen molar-refractivity contribution >= 4 is 66.3 Å². The Morgan fingerprint density at radius 2 is 0.900 bits per heavy atom. The van der Waals surface area contributed by atoms with Crippen molar-refractivity contribution in [1.29, 1.82) is 0 Å². The number of nitrogens with two attached hydrogens (primary N) is 2. The van der Waals surface area contributed by atoms with Gasteiger partial charge in [-0.15, -0.1) is 0 Å². The zero-order valence-corrected chi connectivity index (χ0v) is 15.2. The fraction of sp³-hybridized carbons (Fsp3) is 0. The first-order valence-corrected chi connectivity index (χ1v) is 7.91. The molecular weight excluding hydrogens is 420 g/mol. The second-order valence-electron chi connectivity index (χ2n) is 3.74. The molecule has 20 heavy (non-hydrogen) atoms. The van der Waals surface area contributed by atoms with Crippen molar-refractivity contribution in [2.75, 3.05) is 0 Å². The molecule has 0 unspecified atom stereocenters. The maximum Gasteiger partial charge on any atom is 0.103 e. The van der Waals surface area contributed by atoms with Gasteiger partial charge in [0.15, 0.2) is 0 Å². The van der Waals surface area contributed by atoms with Gasteiger partial charge in [0.05, 0.1) is 0 Å². The maximum atomic E-state index is 5.38. The van der Waals surface area contributed by atoms with Gasteiger partial charge < -0.3 is 11.5 Å². The summed E-state index contributed by atoms with van der Waals surface area (Å²) >= 11 is 16.2. The van der Waals surface area contributed by atoms with Gasteiger partial charge in [0.2, 0.25) is 0 Å². The molecule has 0 spiro atoms. The molecule has 2 rings (SSSR count). The van der Waals surface area contributed by atoms with Crippen LogP contribution in [-0.2, 0) is 0 Å². The number of halogens is 2. The molecule has 0 saturated heterocycles. The molecular formula is C14H12Br2N2S2. The Balaban J connectivity index is 0.000000200. The highest BCUT2D eigenvalue weighted by Crippen LogP contribution is 2.10. The third kappa shape index (κ3) is 6.09.